The number of anilines is 1. The molecular formula is C12H11N3O6. The molecule has 1 aromatic carbocycles. The number of carbonyl (C=O) groups excluding carboxylic acids is 2. The molecule has 9 heteroatoms. The first-order chi connectivity index (χ1) is 9.81. The average Bonchev–Trinajstić information content (AvgIpc) is 2.66. The highest BCUT2D eigenvalue weighted by Crippen LogP contribution is 2.25. The van der Waals surface area contributed by atoms with Gasteiger partial charge < -0.3 is 10.4 Å². The second kappa shape index (κ2) is 5.19. The molecule has 0 aromatic heterocycles. The fourth-order valence-corrected chi connectivity index (χ4v) is 2.01. The Hall–Kier alpha value is -2.97. The van der Waals surface area contributed by atoms with Gasteiger partial charge in [-0.25, -0.2) is 4.79 Å². The Morgan fingerprint density at radius 1 is 1.48 bits per heavy atom. The molecule has 1 aliphatic heterocycles. The Morgan fingerprint density at radius 3 is 2.62 bits per heavy atom. The van der Waals surface area contributed by atoms with E-state index in [9.17, 15) is 24.5 Å². The molecule has 0 radical (unpaired) electrons. The summed E-state index contributed by atoms with van der Waals surface area (Å²) in [6.45, 7) is 0. The number of nitrogens with zero attached hydrogens (tertiary/aromatic N) is 2. The van der Waals surface area contributed by atoms with Crippen molar-refractivity contribution in [2.45, 2.75) is 12.5 Å². The van der Waals surface area contributed by atoms with Gasteiger partial charge in [-0.15, -0.1) is 0 Å². The molecule has 0 aliphatic carbocycles. The van der Waals surface area contributed by atoms with Crippen molar-refractivity contribution in [3.8, 4) is 0 Å². The van der Waals surface area contributed by atoms with Crippen molar-refractivity contribution in [2.24, 2.45) is 0 Å². The van der Waals surface area contributed by atoms with Crippen LogP contribution in [0.15, 0.2) is 18.2 Å². The number of hydrogen-bond donors (Lipinski definition) is 2. The zero-order valence-corrected chi connectivity index (χ0v) is 10.9. The lowest BCUT2D eigenvalue weighted by Gasteiger charge is -2.14. The SMILES string of the molecule is CN1C(=O)CC(Nc2cc([N+](=O)[O-])ccc2C(=O)O)C1=O. The third-order valence-corrected chi connectivity index (χ3v) is 3.16. The number of amides is 2. The number of carboxylic acid groups (broad SMARTS) is 1. The minimum atomic E-state index is -1.29. The molecule has 0 spiro atoms. The topological polar surface area (TPSA) is 130 Å². The van der Waals surface area contributed by atoms with E-state index in [0.717, 1.165) is 23.1 Å². The molecule has 1 fully saturated rings. The lowest BCUT2D eigenvalue weighted by atomic mass is 10.1. The molecule has 2 amide bonds. The summed E-state index contributed by atoms with van der Waals surface area (Å²) < 4.78 is 0. The van der Waals surface area contributed by atoms with E-state index in [2.05, 4.69) is 5.32 Å². The summed E-state index contributed by atoms with van der Waals surface area (Å²) in [5.74, 6) is -2.21. The molecule has 0 bridgehead atoms. The van der Waals surface area contributed by atoms with Crippen molar-refractivity contribution >= 4 is 29.2 Å². The van der Waals surface area contributed by atoms with Crippen LogP contribution < -0.4 is 5.32 Å². The second-order valence-electron chi connectivity index (χ2n) is 4.48. The maximum Gasteiger partial charge on any atom is 0.337 e. The molecule has 1 heterocycles. The van der Waals surface area contributed by atoms with Crippen LogP contribution in [0.5, 0.6) is 0 Å². The van der Waals surface area contributed by atoms with Crippen LogP contribution in [0.1, 0.15) is 16.8 Å². The van der Waals surface area contributed by atoms with Gasteiger partial charge in [-0.3, -0.25) is 24.6 Å². The molecule has 0 saturated carbocycles. The number of aromatic carboxylic acids is 1. The largest absolute Gasteiger partial charge is 0.478 e. The van der Waals surface area contributed by atoms with Crippen molar-refractivity contribution in [1.82, 2.24) is 4.90 Å². The first-order valence-electron chi connectivity index (χ1n) is 5.90. The summed E-state index contributed by atoms with van der Waals surface area (Å²) in [6, 6.07) is 2.23. The van der Waals surface area contributed by atoms with Gasteiger partial charge >= 0.3 is 5.97 Å². The van der Waals surface area contributed by atoms with Crippen LogP contribution in [-0.2, 0) is 9.59 Å². The van der Waals surface area contributed by atoms with Gasteiger partial charge in [0.05, 0.1) is 22.6 Å². The number of likely N-dealkylation sites (N-methyl/N-ethyl adjacent to an activating group) is 1. The van der Waals surface area contributed by atoms with Crippen LogP contribution in [0, 0.1) is 10.1 Å². The van der Waals surface area contributed by atoms with Gasteiger partial charge in [-0.2, -0.15) is 0 Å². The van der Waals surface area contributed by atoms with Crippen LogP contribution in [0.3, 0.4) is 0 Å². The van der Waals surface area contributed by atoms with Crippen molar-refractivity contribution in [2.75, 3.05) is 12.4 Å². The lowest BCUT2D eigenvalue weighted by Crippen LogP contribution is -2.32. The van der Waals surface area contributed by atoms with Gasteiger partial charge in [0.15, 0.2) is 0 Å². The normalized spacial score (nSPS) is 18.0. The Kier molecular flexibility index (Phi) is 3.57. The predicted molar refractivity (Wildman–Crippen MR) is 69.9 cm³/mol. The van der Waals surface area contributed by atoms with Gasteiger partial charge in [-0.05, 0) is 6.07 Å². The van der Waals surface area contributed by atoms with Crippen molar-refractivity contribution in [3.05, 3.63) is 33.9 Å². The first kappa shape index (κ1) is 14.4. The standard InChI is InChI=1S/C12H11N3O6/c1-14-10(16)5-9(11(14)17)13-8-4-6(15(20)21)2-3-7(8)12(18)19/h2-4,9,13H,5H2,1H3,(H,18,19). The van der Waals surface area contributed by atoms with Gasteiger partial charge in [0.1, 0.15) is 6.04 Å². The quantitative estimate of drug-likeness (QED) is 0.468. The Morgan fingerprint density at radius 2 is 2.14 bits per heavy atom. The number of carboxylic acids is 1. The van der Waals surface area contributed by atoms with E-state index in [1.165, 1.54) is 7.05 Å². The summed E-state index contributed by atoms with van der Waals surface area (Å²) in [4.78, 5) is 45.3. The van der Waals surface area contributed by atoms with Crippen molar-refractivity contribution in [3.63, 3.8) is 0 Å². The monoisotopic (exact) mass is 293 g/mol. The smallest absolute Gasteiger partial charge is 0.337 e. The summed E-state index contributed by atoms with van der Waals surface area (Å²) in [6.07, 6.45) is -0.128. The molecule has 2 N–H and O–H groups in total. The zero-order chi connectivity index (χ0) is 15.7. The van der Waals surface area contributed by atoms with E-state index < -0.39 is 28.7 Å². The Labute approximate surface area is 118 Å². The van der Waals surface area contributed by atoms with Crippen LogP contribution in [0.25, 0.3) is 0 Å². The fraction of sp³-hybridized carbons (Fsp3) is 0.250. The van der Waals surface area contributed by atoms with Crippen LogP contribution in [-0.4, -0.2) is 45.8 Å². The maximum absolute atomic E-state index is 11.8. The minimum absolute atomic E-state index is 0.0712. The van der Waals surface area contributed by atoms with E-state index in [0.29, 0.717) is 0 Å². The summed E-state index contributed by atoms with van der Waals surface area (Å²) in [5, 5.41) is 22.4. The number of nitrogens with one attached hydrogen (secondary N) is 1. The highest BCUT2D eigenvalue weighted by molar-refractivity contribution is 6.07. The number of likely N-dealkylation sites (tertiary alicyclic amines) is 1. The molecule has 21 heavy (non-hydrogen) atoms. The average molecular weight is 293 g/mol. The van der Waals surface area contributed by atoms with Crippen LogP contribution in [0.2, 0.25) is 0 Å². The summed E-state index contributed by atoms with van der Waals surface area (Å²) >= 11 is 0. The van der Waals surface area contributed by atoms with Crippen LogP contribution in [0.4, 0.5) is 11.4 Å². The highest BCUT2D eigenvalue weighted by atomic mass is 16.6. The number of carbonyl (C=O) groups is 3. The Bertz CT molecular complexity index is 656. The van der Waals surface area contributed by atoms with E-state index in [4.69, 9.17) is 5.11 Å². The number of hydrogen-bond acceptors (Lipinski definition) is 6. The van der Waals surface area contributed by atoms with Gasteiger partial charge in [0, 0.05) is 19.2 Å². The van der Waals surface area contributed by atoms with Crippen molar-refractivity contribution < 1.29 is 24.4 Å². The summed E-state index contributed by atoms with van der Waals surface area (Å²) in [5.41, 5.74) is -0.596. The number of nitro groups is 1. The first-order valence-corrected chi connectivity index (χ1v) is 5.90. The van der Waals surface area contributed by atoms with E-state index in [-0.39, 0.29) is 23.4 Å². The third-order valence-electron chi connectivity index (χ3n) is 3.16. The van der Waals surface area contributed by atoms with Crippen LogP contribution >= 0.6 is 0 Å². The maximum atomic E-state index is 11.8. The lowest BCUT2D eigenvalue weighted by molar-refractivity contribution is -0.384. The molecule has 1 unspecified atom stereocenters. The molecule has 2 rings (SSSR count). The second-order valence-corrected chi connectivity index (χ2v) is 4.48. The number of non-ortho nitro benzene ring substituents is 1. The summed E-state index contributed by atoms with van der Waals surface area (Å²) in [7, 11) is 1.32. The van der Waals surface area contributed by atoms with E-state index in [1.807, 2.05) is 0 Å². The molecule has 1 aliphatic rings. The molecule has 1 saturated heterocycles. The number of nitro benzene ring substituents is 1. The van der Waals surface area contributed by atoms with Gasteiger partial charge in [-0.1, -0.05) is 0 Å². The van der Waals surface area contributed by atoms with Crippen molar-refractivity contribution in [1.29, 1.82) is 0 Å². The molecule has 110 valence electrons. The number of benzene rings is 1. The minimum Gasteiger partial charge on any atom is -0.478 e. The van der Waals surface area contributed by atoms with Gasteiger partial charge in [0.25, 0.3) is 11.6 Å². The Balaban J connectivity index is 2.36. The molecule has 9 nitrogen and oxygen atoms in total. The van der Waals surface area contributed by atoms with E-state index >= 15 is 0 Å². The third kappa shape index (κ3) is 2.66. The van der Waals surface area contributed by atoms with Gasteiger partial charge in [0.2, 0.25) is 5.91 Å². The predicted octanol–water partition coefficient (Wildman–Crippen LogP) is 0.462. The van der Waals surface area contributed by atoms with E-state index in [1.54, 1.807) is 0 Å². The molecule has 1 aromatic rings. The molecule has 1 atom stereocenters. The molecular weight excluding hydrogens is 282 g/mol. The fourth-order valence-electron chi connectivity index (χ4n) is 2.01. The number of imide groups is 1. The highest BCUT2D eigenvalue weighted by Gasteiger charge is 2.36. The zero-order valence-electron chi connectivity index (χ0n) is 10.9. The number of rotatable bonds is 4.